The highest BCUT2D eigenvalue weighted by molar-refractivity contribution is 5.87. The first-order chi connectivity index (χ1) is 16.6. The molecule has 1 atom stereocenters. The Hall–Kier alpha value is -4.29. The van der Waals surface area contributed by atoms with Gasteiger partial charge in [0.1, 0.15) is 0 Å². The first-order valence-electron chi connectivity index (χ1n) is 11.2. The maximum Gasteiger partial charge on any atom is 0.0814 e. The quantitative estimate of drug-likeness (QED) is 0.329. The van der Waals surface area contributed by atoms with Crippen LogP contribution in [-0.4, -0.2) is 32.0 Å². The lowest BCUT2D eigenvalue weighted by Gasteiger charge is -2.13. The third-order valence-corrected chi connectivity index (χ3v) is 6.05. The van der Waals surface area contributed by atoms with Crippen molar-refractivity contribution in [1.29, 1.82) is 0 Å². The zero-order chi connectivity index (χ0) is 23.1. The van der Waals surface area contributed by atoms with Crippen LogP contribution in [0.5, 0.6) is 0 Å². The summed E-state index contributed by atoms with van der Waals surface area (Å²) < 4.78 is 5.62. The van der Waals surface area contributed by atoms with Crippen molar-refractivity contribution in [1.82, 2.24) is 24.9 Å². The number of nitrogens with one attached hydrogen (secondary N) is 2. The Balaban J connectivity index is 1.66. The number of hydrogen-bond donors (Lipinski definition) is 2. The van der Waals surface area contributed by atoms with Gasteiger partial charge < -0.3 is 14.7 Å². The van der Waals surface area contributed by atoms with E-state index in [9.17, 15) is 0 Å². The van der Waals surface area contributed by atoms with E-state index in [0.29, 0.717) is 0 Å². The maximum absolute atomic E-state index is 5.62. The highest BCUT2D eigenvalue weighted by Gasteiger charge is 2.15. The van der Waals surface area contributed by atoms with E-state index >= 15 is 0 Å². The van der Waals surface area contributed by atoms with Crippen LogP contribution in [0.4, 0.5) is 0 Å². The molecule has 8 bridgehead atoms. The molecule has 2 aliphatic heterocycles. The van der Waals surface area contributed by atoms with Crippen LogP contribution in [0.1, 0.15) is 41.4 Å². The number of hydrogen-bond acceptors (Lipinski definition) is 4. The third-order valence-electron chi connectivity index (χ3n) is 6.05. The van der Waals surface area contributed by atoms with Crippen LogP contribution >= 0.6 is 0 Å². The van der Waals surface area contributed by atoms with Gasteiger partial charge in [0.15, 0.2) is 0 Å². The monoisotopic (exact) mass is 445 g/mol. The van der Waals surface area contributed by atoms with Crippen LogP contribution < -0.4 is 0 Å². The molecule has 6 heterocycles. The van der Waals surface area contributed by atoms with Crippen LogP contribution in [0.2, 0.25) is 0 Å². The Bertz CT molecular complexity index is 1620. The molecule has 166 valence electrons. The third kappa shape index (κ3) is 3.84. The Morgan fingerprint density at radius 2 is 1.41 bits per heavy atom. The van der Waals surface area contributed by atoms with Crippen molar-refractivity contribution in [2.45, 2.75) is 13.0 Å². The average Bonchev–Trinajstić information content (AvgIpc) is 3.64. The molecular weight excluding hydrogens is 422 g/mol. The van der Waals surface area contributed by atoms with E-state index in [1.54, 1.807) is 7.11 Å². The molecule has 0 aromatic carbocycles. The highest BCUT2D eigenvalue weighted by atomic mass is 16.5. The number of pyridine rings is 1. The second-order valence-corrected chi connectivity index (χ2v) is 8.41. The SMILES string of the molecule is COC(C)c1cccnc1-c1cc2cc3ccc(cc4nc(cc5nc(cc1[nH]2)C=C5)C=C4)[nH]3. The van der Waals surface area contributed by atoms with Crippen LogP contribution in [0.25, 0.3) is 57.6 Å². The average molecular weight is 446 g/mol. The van der Waals surface area contributed by atoms with Gasteiger partial charge in [-0.05, 0) is 79.8 Å². The van der Waals surface area contributed by atoms with Gasteiger partial charge in [-0.1, -0.05) is 6.07 Å². The number of ether oxygens (including phenoxy) is 1. The largest absolute Gasteiger partial charge is 0.377 e. The van der Waals surface area contributed by atoms with E-state index in [0.717, 1.165) is 61.7 Å². The Kier molecular flexibility index (Phi) is 4.93. The molecule has 0 radical (unpaired) electrons. The summed E-state index contributed by atoms with van der Waals surface area (Å²) >= 11 is 0. The second kappa shape index (κ2) is 8.24. The number of methoxy groups -OCH3 is 1. The minimum absolute atomic E-state index is 0.0815. The van der Waals surface area contributed by atoms with E-state index in [1.165, 1.54) is 0 Å². The maximum atomic E-state index is 5.62. The Labute approximate surface area is 196 Å². The van der Waals surface area contributed by atoms with Crippen molar-refractivity contribution in [3.05, 3.63) is 89.1 Å². The normalized spacial score (nSPS) is 13.4. The summed E-state index contributed by atoms with van der Waals surface area (Å²) in [6.45, 7) is 2.03. The number of H-pyrrole nitrogens is 2. The Morgan fingerprint density at radius 1 is 0.735 bits per heavy atom. The fraction of sp³-hybridized carbons (Fsp3) is 0.107. The van der Waals surface area contributed by atoms with E-state index < -0.39 is 0 Å². The summed E-state index contributed by atoms with van der Waals surface area (Å²) in [6, 6.07) is 18.4. The minimum atomic E-state index is -0.0815. The topological polar surface area (TPSA) is 79.5 Å². The highest BCUT2D eigenvalue weighted by Crippen LogP contribution is 2.32. The molecule has 1 unspecified atom stereocenters. The fourth-order valence-electron chi connectivity index (χ4n) is 4.31. The molecule has 6 heteroatoms. The summed E-state index contributed by atoms with van der Waals surface area (Å²) in [5, 5.41) is 0. The smallest absolute Gasteiger partial charge is 0.0814 e. The van der Waals surface area contributed by atoms with Gasteiger partial charge >= 0.3 is 0 Å². The molecule has 0 saturated heterocycles. The van der Waals surface area contributed by atoms with Crippen LogP contribution in [-0.2, 0) is 4.74 Å². The van der Waals surface area contributed by atoms with Crippen molar-refractivity contribution in [3.63, 3.8) is 0 Å². The van der Waals surface area contributed by atoms with Crippen molar-refractivity contribution in [2.24, 2.45) is 0 Å². The summed E-state index contributed by atoms with van der Waals surface area (Å²) in [6.07, 6.45) is 9.78. The van der Waals surface area contributed by atoms with E-state index in [-0.39, 0.29) is 6.10 Å². The molecule has 4 aromatic heterocycles. The molecule has 0 amide bonds. The van der Waals surface area contributed by atoms with E-state index in [4.69, 9.17) is 14.7 Å². The molecule has 0 fully saturated rings. The molecule has 34 heavy (non-hydrogen) atoms. The molecule has 2 N–H and O–H groups in total. The second-order valence-electron chi connectivity index (χ2n) is 8.41. The van der Waals surface area contributed by atoms with Gasteiger partial charge in [-0.3, -0.25) is 4.98 Å². The molecule has 0 aliphatic carbocycles. The molecule has 0 saturated carbocycles. The lowest BCUT2D eigenvalue weighted by Crippen LogP contribution is -2.00. The fourth-order valence-corrected chi connectivity index (χ4v) is 4.31. The molecule has 0 spiro atoms. The lowest BCUT2D eigenvalue weighted by molar-refractivity contribution is 0.120. The first kappa shape index (κ1) is 20.3. The van der Waals surface area contributed by atoms with Gasteiger partial charge in [-0.15, -0.1) is 0 Å². The molecule has 2 aliphatic rings. The number of fused-ring (bicyclic) bond motifs is 8. The van der Waals surface area contributed by atoms with Gasteiger partial charge in [0.05, 0.1) is 40.1 Å². The predicted molar refractivity (Wildman–Crippen MR) is 138 cm³/mol. The zero-order valence-electron chi connectivity index (χ0n) is 18.9. The van der Waals surface area contributed by atoms with Gasteiger partial charge in [0, 0.05) is 41.0 Å². The number of rotatable bonds is 3. The van der Waals surface area contributed by atoms with Crippen LogP contribution in [0.15, 0.2) is 60.8 Å². The van der Waals surface area contributed by atoms with Crippen molar-refractivity contribution in [2.75, 3.05) is 7.11 Å². The minimum Gasteiger partial charge on any atom is -0.377 e. The summed E-state index contributed by atoms with van der Waals surface area (Å²) in [4.78, 5) is 21.2. The standard InChI is InChI=1S/C28H23N5O/c1-17(34-2)25-4-3-11-29-28(25)26-15-24-14-22-8-7-20(31-22)12-18-5-6-19(30-18)13-21-9-10-23(32-21)16-27(26)33-24/h3-17,31,33H,1-2H3. The molecule has 6 rings (SSSR count). The summed E-state index contributed by atoms with van der Waals surface area (Å²) in [5.41, 5.74) is 10.4. The lowest BCUT2D eigenvalue weighted by atomic mass is 10.0. The van der Waals surface area contributed by atoms with Crippen molar-refractivity contribution < 1.29 is 4.74 Å². The predicted octanol–water partition coefficient (Wildman–Crippen LogP) is 6.43. The van der Waals surface area contributed by atoms with E-state index in [2.05, 4.69) is 51.4 Å². The van der Waals surface area contributed by atoms with Gasteiger partial charge in [-0.25, -0.2) is 9.97 Å². The molecule has 4 aromatic rings. The number of aromatic amines is 2. The molecule has 6 nitrogen and oxygen atoms in total. The zero-order valence-corrected chi connectivity index (χ0v) is 18.9. The van der Waals surface area contributed by atoms with Crippen molar-refractivity contribution >= 4 is 46.4 Å². The first-order valence-corrected chi connectivity index (χ1v) is 11.2. The van der Waals surface area contributed by atoms with Crippen LogP contribution in [0.3, 0.4) is 0 Å². The molecular formula is C28H23N5O. The number of aromatic nitrogens is 5. The Morgan fingerprint density at radius 3 is 2.15 bits per heavy atom. The van der Waals surface area contributed by atoms with Gasteiger partial charge in [-0.2, -0.15) is 0 Å². The van der Waals surface area contributed by atoms with Crippen molar-refractivity contribution in [3.8, 4) is 11.3 Å². The van der Waals surface area contributed by atoms with Crippen LogP contribution in [0, 0.1) is 0 Å². The summed E-state index contributed by atoms with van der Waals surface area (Å²) in [7, 11) is 1.72. The van der Waals surface area contributed by atoms with Gasteiger partial charge in [0.2, 0.25) is 0 Å². The number of nitrogens with zero attached hydrogens (tertiary/aromatic N) is 3. The van der Waals surface area contributed by atoms with Gasteiger partial charge in [0.25, 0.3) is 0 Å². The van der Waals surface area contributed by atoms with E-state index in [1.807, 2.05) is 55.6 Å². The summed E-state index contributed by atoms with van der Waals surface area (Å²) in [5.74, 6) is 0.